The zero-order chi connectivity index (χ0) is 10.0. The number of phenolic OH excluding ortho intramolecular Hbond substituents is 2. The van der Waals surface area contributed by atoms with Crippen molar-refractivity contribution in [2.24, 2.45) is 0 Å². The van der Waals surface area contributed by atoms with Crippen molar-refractivity contribution < 1.29 is 15.0 Å². The molecule has 0 heterocycles. The minimum absolute atomic E-state index is 0.0857. The lowest BCUT2D eigenvalue weighted by molar-refractivity contribution is 0.101. The van der Waals surface area contributed by atoms with Gasteiger partial charge in [0.25, 0.3) is 0 Å². The van der Waals surface area contributed by atoms with Gasteiger partial charge in [0.2, 0.25) is 0 Å². The summed E-state index contributed by atoms with van der Waals surface area (Å²) in [6, 6.07) is 2.51. The van der Waals surface area contributed by atoms with Gasteiger partial charge in [0.05, 0.1) is 5.56 Å². The topological polar surface area (TPSA) is 57.5 Å². The molecule has 13 heavy (non-hydrogen) atoms. The van der Waals surface area contributed by atoms with Crippen molar-refractivity contribution in [3.05, 3.63) is 29.8 Å². The lowest BCUT2D eigenvalue weighted by Crippen LogP contribution is -1.96. The van der Waals surface area contributed by atoms with Crippen LogP contribution in [0.2, 0.25) is 0 Å². The van der Waals surface area contributed by atoms with Crippen molar-refractivity contribution >= 4 is 11.9 Å². The fourth-order valence-corrected chi connectivity index (χ4v) is 1.18. The molecule has 0 unspecified atom stereocenters. The van der Waals surface area contributed by atoms with Gasteiger partial charge in [0.15, 0.2) is 5.78 Å². The Morgan fingerprint density at radius 2 is 2.08 bits per heavy atom. The Balaban J connectivity index is 3.47. The summed E-state index contributed by atoms with van der Waals surface area (Å²) in [7, 11) is 0. The maximum Gasteiger partial charge on any atom is 0.164 e. The molecule has 0 bridgehead atoms. The first-order chi connectivity index (χ1) is 6.06. The second-order valence-electron chi connectivity index (χ2n) is 2.69. The second-order valence-corrected chi connectivity index (χ2v) is 2.69. The van der Waals surface area contributed by atoms with E-state index >= 15 is 0 Å². The molecular formula is C10H10O3. The molecule has 0 saturated heterocycles. The molecule has 0 saturated carbocycles. The molecule has 1 rings (SSSR count). The lowest BCUT2D eigenvalue weighted by atomic mass is 10.0. The number of hydrogen-bond acceptors (Lipinski definition) is 3. The monoisotopic (exact) mass is 178 g/mol. The van der Waals surface area contributed by atoms with Gasteiger partial charge in [-0.05, 0) is 18.6 Å². The number of rotatable bonds is 2. The zero-order valence-corrected chi connectivity index (χ0v) is 7.24. The predicted molar refractivity (Wildman–Crippen MR) is 49.9 cm³/mol. The summed E-state index contributed by atoms with van der Waals surface area (Å²) in [6.07, 6.45) is 1.41. The predicted octanol–water partition coefficient (Wildman–Crippen LogP) is 1.94. The van der Waals surface area contributed by atoms with Crippen molar-refractivity contribution in [3.8, 4) is 11.5 Å². The third-order valence-electron chi connectivity index (χ3n) is 1.70. The van der Waals surface area contributed by atoms with E-state index in [0.29, 0.717) is 5.56 Å². The minimum atomic E-state index is -0.257. The molecule has 1 aromatic rings. The van der Waals surface area contributed by atoms with Crippen LogP contribution in [0.3, 0.4) is 0 Å². The SMILES string of the molecule is C=Cc1cc(O)cc(O)c1C(C)=O. The molecule has 0 spiro atoms. The average molecular weight is 178 g/mol. The van der Waals surface area contributed by atoms with Gasteiger partial charge in [-0.3, -0.25) is 4.79 Å². The number of aromatic hydroxyl groups is 2. The van der Waals surface area contributed by atoms with Crippen LogP contribution in [0, 0.1) is 0 Å². The van der Waals surface area contributed by atoms with Gasteiger partial charge in [-0.15, -0.1) is 0 Å². The van der Waals surface area contributed by atoms with Crippen molar-refractivity contribution in [2.75, 3.05) is 0 Å². The zero-order valence-electron chi connectivity index (χ0n) is 7.24. The summed E-state index contributed by atoms with van der Waals surface area (Å²) < 4.78 is 0. The van der Waals surface area contributed by atoms with E-state index in [1.54, 1.807) is 0 Å². The molecule has 1 aromatic carbocycles. The Morgan fingerprint density at radius 1 is 1.46 bits per heavy atom. The van der Waals surface area contributed by atoms with Gasteiger partial charge in [0.1, 0.15) is 11.5 Å². The number of carbonyl (C=O) groups is 1. The average Bonchev–Trinajstić information content (AvgIpc) is 2.01. The van der Waals surface area contributed by atoms with Gasteiger partial charge in [0, 0.05) is 6.07 Å². The third-order valence-corrected chi connectivity index (χ3v) is 1.70. The van der Waals surface area contributed by atoms with Crippen LogP contribution in [-0.2, 0) is 0 Å². The summed E-state index contributed by atoms with van der Waals surface area (Å²) >= 11 is 0. The number of phenols is 2. The summed E-state index contributed by atoms with van der Waals surface area (Å²) in [6.45, 7) is 4.83. The molecular weight excluding hydrogens is 168 g/mol. The van der Waals surface area contributed by atoms with Crippen LogP contribution in [0.5, 0.6) is 11.5 Å². The summed E-state index contributed by atoms with van der Waals surface area (Å²) in [4.78, 5) is 11.1. The highest BCUT2D eigenvalue weighted by Crippen LogP contribution is 2.28. The fourth-order valence-electron chi connectivity index (χ4n) is 1.18. The molecule has 3 nitrogen and oxygen atoms in total. The van der Waals surface area contributed by atoms with E-state index in [1.165, 1.54) is 19.1 Å². The van der Waals surface area contributed by atoms with Gasteiger partial charge in [-0.1, -0.05) is 12.7 Å². The van der Waals surface area contributed by atoms with Crippen molar-refractivity contribution in [1.82, 2.24) is 0 Å². The number of carbonyl (C=O) groups excluding carboxylic acids is 1. The first-order valence-corrected chi connectivity index (χ1v) is 3.75. The Kier molecular flexibility index (Phi) is 2.37. The summed E-state index contributed by atoms with van der Waals surface area (Å²) in [5.41, 5.74) is 0.623. The van der Waals surface area contributed by atoms with Crippen LogP contribution in [-0.4, -0.2) is 16.0 Å². The number of Topliss-reactive ketones (excluding diaryl/α,β-unsaturated/α-hetero) is 1. The molecule has 0 aliphatic heterocycles. The Morgan fingerprint density at radius 3 is 2.54 bits per heavy atom. The first kappa shape index (κ1) is 9.32. The fraction of sp³-hybridized carbons (Fsp3) is 0.100. The van der Waals surface area contributed by atoms with Crippen molar-refractivity contribution in [1.29, 1.82) is 0 Å². The maximum atomic E-state index is 11.1. The van der Waals surface area contributed by atoms with Crippen LogP contribution in [0.1, 0.15) is 22.8 Å². The Labute approximate surface area is 76.0 Å². The molecule has 0 radical (unpaired) electrons. The lowest BCUT2D eigenvalue weighted by Gasteiger charge is -2.05. The van der Waals surface area contributed by atoms with Crippen molar-refractivity contribution in [3.63, 3.8) is 0 Å². The van der Waals surface area contributed by atoms with Crippen LogP contribution >= 0.6 is 0 Å². The van der Waals surface area contributed by atoms with Crippen molar-refractivity contribution in [2.45, 2.75) is 6.92 Å². The van der Waals surface area contributed by atoms with E-state index in [9.17, 15) is 9.90 Å². The highest BCUT2D eigenvalue weighted by molar-refractivity contribution is 6.00. The number of benzene rings is 1. The van der Waals surface area contributed by atoms with Crippen LogP contribution in [0.15, 0.2) is 18.7 Å². The van der Waals surface area contributed by atoms with Crippen LogP contribution in [0.25, 0.3) is 6.08 Å². The highest BCUT2D eigenvalue weighted by Gasteiger charge is 2.11. The van der Waals surface area contributed by atoms with E-state index in [-0.39, 0.29) is 22.8 Å². The summed E-state index contributed by atoms with van der Waals surface area (Å²) in [5.74, 6) is -0.563. The molecule has 0 aliphatic rings. The standard InChI is InChI=1S/C10H10O3/c1-3-7-4-8(12)5-9(13)10(7)6(2)11/h3-5,12-13H,1H2,2H3. The van der Waals surface area contributed by atoms with Crippen LogP contribution in [0.4, 0.5) is 0 Å². The third kappa shape index (κ3) is 1.69. The van der Waals surface area contributed by atoms with E-state index in [0.717, 1.165) is 6.07 Å². The van der Waals surface area contributed by atoms with Gasteiger partial charge < -0.3 is 10.2 Å². The van der Waals surface area contributed by atoms with Crippen LogP contribution < -0.4 is 0 Å². The first-order valence-electron chi connectivity index (χ1n) is 3.75. The highest BCUT2D eigenvalue weighted by atomic mass is 16.3. The molecule has 0 aliphatic carbocycles. The van der Waals surface area contributed by atoms with Gasteiger partial charge in [-0.25, -0.2) is 0 Å². The molecule has 0 aromatic heterocycles. The molecule has 0 fully saturated rings. The normalized spacial score (nSPS) is 9.62. The number of hydrogen-bond donors (Lipinski definition) is 2. The van der Waals surface area contributed by atoms with E-state index in [2.05, 4.69) is 6.58 Å². The largest absolute Gasteiger partial charge is 0.508 e. The quantitative estimate of drug-likeness (QED) is 0.680. The Bertz CT molecular complexity index is 367. The molecule has 2 N–H and O–H groups in total. The summed E-state index contributed by atoms with van der Waals surface area (Å²) in [5, 5.41) is 18.5. The molecule has 3 heteroatoms. The minimum Gasteiger partial charge on any atom is -0.508 e. The molecule has 68 valence electrons. The molecule has 0 atom stereocenters. The molecule has 0 amide bonds. The van der Waals surface area contributed by atoms with Gasteiger partial charge >= 0.3 is 0 Å². The smallest absolute Gasteiger partial charge is 0.164 e. The van der Waals surface area contributed by atoms with E-state index in [4.69, 9.17) is 5.11 Å². The van der Waals surface area contributed by atoms with E-state index < -0.39 is 0 Å². The number of ketones is 1. The van der Waals surface area contributed by atoms with E-state index in [1.807, 2.05) is 0 Å². The maximum absolute atomic E-state index is 11.1. The Hall–Kier alpha value is -1.77. The van der Waals surface area contributed by atoms with Gasteiger partial charge in [-0.2, -0.15) is 0 Å². The second kappa shape index (κ2) is 3.31.